The Kier molecular flexibility index (Phi) is 9.32. The number of alkyl halides is 1. The van der Waals surface area contributed by atoms with Crippen LogP contribution < -0.4 is 4.74 Å². The molecule has 2 aromatic rings. The first-order chi connectivity index (χ1) is 15.6. The number of nitriles is 1. The highest BCUT2D eigenvalue weighted by molar-refractivity contribution is 6.18. The summed E-state index contributed by atoms with van der Waals surface area (Å²) in [4.78, 5) is 11.4. The third-order valence-corrected chi connectivity index (χ3v) is 5.90. The van der Waals surface area contributed by atoms with Crippen molar-refractivity contribution >= 4 is 17.4 Å². The van der Waals surface area contributed by atoms with Crippen LogP contribution in [0.25, 0.3) is 0 Å². The van der Waals surface area contributed by atoms with E-state index in [0.717, 1.165) is 28.9 Å². The molecule has 4 nitrogen and oxygen atoms in total. The van der Waals surface area contributed by atoms with E-state index in [-0.39, 0.29) is 17.0 Å². The predicted molar refractivity (Wildman–Crippen MR) is 134 cm³/mol. The third kappa shape index (κ3) is 6.73. The number of nitrogens with zero attached hydrogens (tertiary/aromatic N) is 1. The SMILES string of the molecule is C=C(O/C(=C\C)CCc1ccc(C(C)(C)c2cc(C)c(OCCCl)c(C#N)c2)cc1)C(C)=O. The topological polar surface area (TPSA) is 59.3 Å². The van der Waals surface area contributed by atoms with Gasteiger partial charge < -0.3 is 9.47 Å². The van der Waals surface area contributed by atoms with Gasteiger partial charge in [-0.3, -0.25) is 4.79 Å². The first kappa shape index (κ1) is 26.2. The molecule has 0 N–H and O–H groups in total. The highest BCUT2D eigenvalue weighted by atomic mass is 35.5. The summed E-state index contributed by atoms with van der Waals surface area (Å²) in [5.74, 6) is 1.69. The van der Waals surface area contributed by atoms with Gasteiger partial charge in [-0.1, -0.05) is 50.8 Å². The molecule has 2 rings (SSSR count). The Hall–Kier alpha value is -3.03. The summed E-state index contributed by atoms with van der Waals surface area (Å²) in [5.41, 5.74) is 4.52. The average molecular weight is 466 g/mol. The quantitative estimate of drug-likeness (QED) is 0.209. The molecular formula is C28H32ClNO3. The zero-order valence-corrected chi connectivity index (χ0v) is 20.9. The molecule has 0 bridgehead atoms. The van der Waals surface area contributed by atoms with Crippen molar-refractivity contribution in [1.29, 1.82) is 5.26 Å². The number of hydrogen-bond acceptors (Lipinski definition) is 4. The number of benzene rings is 2. The smallest absolute Gasteiger partial charge is 0.194 e. The van der Waals surface area contributed by atoms with E-state index < -0.39 is 0 Å². The number of Topliss-reactive ketones (excluding diaryl/α,β-unsaturated/α-hetero) is 1. The molecule has 174 valence electrons. The number of ketones is 1. The first-order valence-electron chi connectivity index (χ1n) is 11.0. The van der Waals surface area contributed by atoms with Gasteiger partial charge in [0.05, 0.1) is 11.4 Å². The lowest BCUT2D eigenvalue weighted by atomic mass is 9.77. The largest absolute Gasteiger partial charge is 0.491 e. The molecule has 5 heteroatoms. The third-order valence-electron chi connectivity index (χ3n) is 5.74. The molecule has 0 aliphatic rings. The molecule has 0 fully saturated rings. The van der Waals surface area contributed by atoms with Gasteiger partial charge in [-0.05, 0) is 54.7 Å². The first-order valence-corrected chi connectivity index (χ1v) is 11.5. The fourth-order valence-electron chi connectivity index (χ4n) is 3.56. The molecule has 0 saturated heterocycles. The summed E-state index contributed by atoms with van der Waals surface area (Å²) in [5, 5.41) is 9.65. The average Bonchev–Trinajstić information content (AvgIpc) is 2.80. The van der Waals surface area contributed by atoms with Crippen molar-refractivity contribution in [3.8, 4) is 11.8 Å². The zero-order chi connectivity index (χ0) is 24.6. The van der Waals surface area contributed by atoms with Crippen LogP contribution in [-0.2, 0) is 21.4 Å². The van der Waals surface area contributed by atoms with Crippen LogP contribution in [0.3, 0.4) is 0 Å². The monoisotopic (exact) mass is 465 g/mol. The lowest BCUT2D eigenvalue weighted by Gasteiger charge is -2.28. The zero-order valence-electron chi connectivity index (χ0n) is 20.1. The maximum Gasteiger partial charge on any atom is 0.194 e. The molecule has 0 spiro atoms. The van der Waals surface area contributed by atoms with Crippen molar-refractivity contribution in [2.75, 3.05) is 12.5 Å². The molecule has 0 radical (unpaired) electrons. The molecule has 33 heavy (non-hydrogen) atoms. The molecule has 2 aromatic carbocycles. The lowest BCUT2D eigenvalue weighted by molar-refractivity contribution is -0.116. The molecule has 0 aliphatic carbocycles. The van der Waals surface area contributed by atoms with Crippen molar-refractivity contribution in [1.82, 2.24) is 0 Å². The Balaban J connectivity index is 2.19. The van der Waals surface area contributed by atoms with Crippen LogP contribution in [0.5, 0.6) is 5.75 Å². The van der Waals surface area contributed by atoms with Gasteiger partial charge in [0.15, 0.2) is 11.5 Å². The summed E-state index contributed by atoms with van der Waals surface area (Å²) < 4.78 is 11.3. The van der Waals surface area contributed by atoms with E-state index in [1.165, 1.54) is 12.5 Å². The van der Waals surface area contributed by atoms with Gasteiger partial charge in [0, 0.05) is 18.8 Å². The van der Waals surface area contributed by atoms with E-state index in [1.807, 2.05) is 26.0 Å². The molecule has 0 saturated carbocycles. The number of carbonyl (C=O) groups is 1. The second-order valence-corrected chi connectivity index (χ2v) is 8.86. The number of allylic oxidation sites excluding steroid dienone is 3. The van der Waals surface area contributed by atoms with Crippen molar-refractivity contribution in [3.63, 3.8) is 0 Å². The fourth-order valence-corrected chi connectivity index (χ4v) is 3.63. The minimum absolute atomic E-state index is 0.159. The second-order valence-electron chi connectivity index (χ2n) is 8.48. The Labute approximate surface area is 202 Å². The summed E-state index contributed by atoms with van der Waals surface area (Å²) in [7, 11) is 0. The van der Waals surface area contributed by atoms with E-state index >= 15 is 0 Å². The van der Waals surface area contributed by atoms with Gasteiger partial charge in [0.2, 0.25) is 0 Å². The molecule has 0 amide bonds. The van der Waals surface area contributed by atoms with Gasteiger partial charge in [-0.15, -0.1) is 11.6 Å². The second kappa shape index (κ2) is 11.7. The van der Waals surface area contributed by atoms with Crippen LogP contribution in [-0.4, -0.2) is 18.3 Å². The Morgan fingerprint density at radius 1 is 1.21 bits per heavy atom. The van der Waals surface area contributed by atoms with E-state index in [9.17, 15) is 10.1 Å². The molecule has 0 atom stereocenters. The number of rotatable bonds is 11. The normalized spacial score (nSPS) is 11.6. The Morgan fingerprint density at radius 3 is 2.42 bits per heavy atom. The molecule has 0 aliphatic heterocycles. The minimum atomic E-state index is -0.295. The number of hydrogen-bond donors (Lipinski definition) is 0. The van der Waals surface area contributed by atoms with Gasteiger partial charge in [0.1, 0.15) is 24.2 Å². The van der Waals surface area contributed by atoms with E-state index in [1.54, 1.807) is 0 Å². The Morgan fingerprint density at radius 2 is 1.88 bits per heavy atom. The maximum absolute atomic E-state index is 11.4. The Bertz CT molecular complexity index is 1080. The number of carbonyl (C=O) groups excluding carboxylic acids is 1. The fraction of sp³-hybridized carbons (Fsp3) is 0.357. The maximum atomic E-state index is 11.4. The minimum Gasteiger partial charge on any atom is -0.491 e. The van der Waals surface area contributed by atoms with Crippen molar-refractivity contribution in [2.24, 2.45) is 0 Å². The standard InChI is InChI=1S/C28H32ClNO3/c1-7-26(33-21(4)20(3)31)13-10-22-8-11-24(12-9-22)28(5,6)25-16-19(2)27(32-15-14-29)23(17-25)18-30/h7-9,11-12,16-17H,4,10,13-15H2,1-3,5-6H3/b26-7-. The molecule has 0 heterocycles. The highest BCUT2D eigenvalue weighted by Gasteiger charge is 2.25. The van der Waals surface area contributed by atoms with Gasteiger partial charge in [0.25, 0.3) is 0 Å². The van der Waals surface area contributed by atoms with Crippen molar-refractivity contribution in [2.45, 2.75) is 52.9 Å². The van der Waals surface area contributed by atoms with Gasteiger partial charge in [-0.2, -0.15) is 5.26 Å². The summed E-state index contributed by atoms with van der Waals surface area (Å²) in [6.45, 7) is 13.6. The van der Waals surface area contributed by atoms with Crippen LogP contribution in [0.4, 0.5) is 0 Å². The molecule has 0 aromatic heterocycles. The van der Waals surface area contributed by atoms with E-state index in [0.29, 0.717) is 30.2 Å². The molecule has 0 unspecified atom stereocenters. The van der Waals surface area contributed by atoms with Crippen LogP contribution in [0.15, 0.2) is 60.6 Å². The number of halogens is 1. The highest BCUT2D eigenvalue weighted by Crippen LogP contribution is 2.36. The van der Waals surface area contributed by atoms with E-state index in [4.69, 9.17) is 21.1 Å². The summed E-state index contributed by atoms with van der Waals surface area (Å²) >= 11 is 5.74. The predicted octanol–water partition coefficient (Wildman–Crippen LogP) is 6.77. The summed E-state index contributed by atoms with van der Waals surface area (Å²) in [6.07, 6.45) is 3.33. The van der Waals surface area contributed by atoms with Crippen LogP contribution >= 0.6 is 11.6 Å². The van der Waals surface area contributed by atoms with Crippen molar-refractivity contribution in [3.05, 3.63) is 88.4 Å². The number of aryl methyl sites for hydroxylation is 2. The lowest BCUT2D eigenvalue weighted by Crippen LogP contribution is -2.19. The van der Waals surface area contributed by atoms with Crippen LogP contribution in [0.2, 0.25) is 0 Å². The van der Waals surface area contributed by atoms with Crippen LogP contribution in [0, 0.1) is 18.3 Å². The molecular weight excluding hydrogens is 434 g/mol. The van der Waals surface area contributed by atoms with Gasteiger partial charge in [-0.25, -0.2) is 0 Å². The van der Waals surface area contributed by atoms with Gasteiger partial charge >= 0.3 is 0 Å². The van der Waals surface area contributed by atoms with E-state index in [2.05, 4.69) is 56.8 Å². The number of ether oxygens (including phenoxy) is 2. The summed E-state index contributed by atoms with van der Waals surface area (Å²) in [6, 6.07) is 14.7. The van der Waals surface area contributed by atoms with Crippen molar-refractivity contribution < 1.29 is 14.3 Å². The van der Waals surface area contributed by atoms with Crippen LogP contribution in [0.1, 0.15) is 61.9 Å².